The second-order valence-corrected chi connectivity index (χ2v) is 16.4. The summed E-state index contributed by atoms with van der Waals surface area (Å²) in [4.78, 5) is 10.4. The van der Waals surface area contributed by atoms with E-state index in [2.05, 4.69) is 74.1 Å². The molecule has 7 aromatic rings. The summed E-state index contributed by atoms with van der Waals surface area (Å²) in [5, 5.41) is 3.41. The Morgan fingerprint density at radius 2 is 1.63 bits per heavy atom. The molecule has 0 bridgehead atoms. The first-order valence-corrected chi connectivity index (χ1v) is 17.6. The van der Waals surface area contributed by atoms with Crippen molar-refractivity contribution in [1.29, 1.82) is 0 Å². The summed E-state index contributed by atoms with van der Waals surface area (Å²) in [7, 11) is 0. The van der Waals surface area contributed by atoms with Gasteiger partial charge in [-0.15, -0.1) is 65.4 Å². The Balaban J connectivity index is 0.000000269. The van der Waals surface area contributed by atoms with E-state index >= 15 is 0 Å². The number of aryl methyl sites for hydroxylation is 1. The molecule has 5 heteroatoms. The van der Waals surface area contributed by atoms with Crippen molar-refractivity contribution < 1.29 is 27.3 Å². The Morgan fingerprint density at radius 3 is 2.35 bits per heavy atom. The van der Waals surface area contributed by atoms with Crippen molar-refractivity contribution in [2.75, 3.05) is 0 Å². The van der Waals surface area contributed by atoms with E-state index in [9.17, 15) is 0 Å². The van der Waals surface area contributed by atoms with Gasteiger partial charge in [0.15, 0.2) is 0 Å². The number of pyridine rings is 2. The van der Waals surface area contributed by atoms with E-state index in [4.69, 9.17) is 7.16 Å². The van der Waals surface area contributed by atoms with Crippen molar-refractivity contribution in [2.24, 2.45) is 5.41 Å². The molecule has 0 unspecified atom stereocenters. The predicted molar refractivity (Wildman–Crippen MR) is 203 cm³/mol. The second-order valence-electron chi connectivity index (χ2n) is 15.4. The summed E-state index contributed by atoms with van der Waals surface area (Å²) in [5.41, 5.74) is 8.11. The van der Waals surface area contributed by atoms with E-state index in [1.54, 1.807) is 12.3 Å². The molecule has 1 aliphatic rings. The van der Waals surface area contributed by atoms with Gasteiger partial charge in [0.05, 0.1) is 5.58 Å². The molecular weight excluding hydrogens is 797 g/mol. The fraction of sp³-hybridized carbons (Fsp3) is 0.318. The van der Waals surface area contributed by atoms with Crippen molar-refractivity contribution in [3.05, 3.63) is 119 Å². The quantitative estimate of drug-likeness (QED) is 0.166. The predicted octanol–water partition coefficient (Wildman–Crippen LogP) is 12.5. The fourth-order valence-electron chi connectivity index (χ4n) is 6.82. The number of aromatic nitrogens is 2. The molecule has 253 valence electrons. The number of rotatable bonds is 3. The summed E-state index contributed by atoms with van der Waals surface area (Å²) in [5.74, 6) is 0. The van der Waals surface area contributed by atoms with Gasteiger partial charge in [-0.25, -0.2) is 0 Å². The summed E-state index contributed by atoms with van der Waals surface area (Å²) in [6, 6.07) is 30.5. The van der Waals surface area contributed by atoms with Crippen LogP contribution in [0.5, 0.6) is 0 Å². The number of furan rings is 1. The maximum atomic E-state index is 8.77. The van der Waals surface area contributed by atoms with E-state index in [-0.39, 0.29) is 30.9 Å². The van der Waals surface area contributed by atoms with E-state index in [0.29, 0.717) is 11.3 Å². The average molecular weight is 843 g/mol. The normalized spacial score (nSPS) is 15.9. The molecule has 49 heavy (non-hydrogen) atoms. The van der Waals surface area contributed by atoms with Crippen molar-refractivity contribution in [1.82, 2.24) is 9.97 Å². The van der Waals surface area contributed by atoms with E-state index < -0.39 is 11.8 Å². The molecule has 8 rings (SSSR count). The molecule has 0 saturated carbocycles. The van der Waals surface area contributed by atoms with Crippen LogP contribution in [0.4, 0.5) is 0 Å². The summed E-state index contributed by atoms with van der Waals surface area (Å²) in [6.07, 6.45) is 4.40. The van der Waals surface area contributed by atoms with Crippen LogP contribution in [0.2, 0.25) is 0 Å². The second kappa shape index (κ2) is 13.2. The minimum atomic E-state index is -1.51. The SMILES string of the molecule is Cc1ccc(-c2[c-]cccc2)nc1.[2H]C([2H])(c1ccnc(-c2[c-]ccc3c2oc2c3ccc3sc4c(c32)C(C)(C)CCC4(C)C)c1)C(C)(C)C.[Ir]. The number of benzene rings is 3. The Hall–Kier alpha value is -3.63. The van der Waals surface area contributed by atoms with Gasteiger partial charge >= 0.3 is 0 Å². The van der Waals surface area contributed by atoms with Crippen LogP contribution < -0.4 is 0 Å². The van der Waals surface area contributed by atoms with Crippen LogP contribution in [0, 0.1) is 24.5 Å². The molecule has 0 saturated heterocycles. The first-order chi connectivity index (χ1) is 23.6. The van der Waals surface area contributed by atoms with Crippen molar-refractivity contribution in [3.63, 3.8) is 0 Å². The molecule has 0 amide bonds. The van der Waals surface area contributed by atoms with Crippen LogP contribution in [0.3, 0.4) is 0 Å². The maximum Gasteiger partial charge on any atom is 0.129 e. The molecule has 4 aromatic heterocycles. The molecule has 3 aromatic carbocycles. The summed E-state index contributed by atoms with van der Waals surface area (Å²) < 4.78 is 25.6. The Kier molecular flexibility index (Phi) is 8.80. The molecule has 1 aliphatic carbocycles. The van der Waals surface area contributed by atoms with E-state index in [0.717, 1.165) is 45.2 Å². The zero-order valence-corrected chi connectivity index (χ0v) is 32.8. The molecule has 0 spiro atoms. The zero-order valence-electron chi connectivity index (χ0n) is 31.5. The van der Waals surface area contributed by atoms with Gasteiger partial charge < -0.3 is 14.4 Å². The van der Waals surface area contributed by atoms with Gasteiger partial charge in [-0.1, -0.05) is 89.2 Å². The molecule has 1 radical (unpaired) electrons. The molecule has 0 fully saturated rings. The third-order valence-electron chi connectivity index (χ3n) is 9.35. The first kappa shape index (κ1) is 32.6. The number of thiophene rings is 1. The van der Waals surface area contributed by atoms with Gasteiger partial charge in [0, 0.05) is 55.6 Å². The van der Waals surface area contributed by atoms with Crippen LogP contribution >= 0.6 is 11.3 Å². The third-order valence-corrected chi connectivity index (χ3v) is 10.9. The average Bonchev–Trinajstić information content (AvgIpc) is 3.68. The third kappa shape index (κ3) is 6.91. The van der Waals surface area contributed by atoms with Gasteiger partial charge in [0.2, 0.25) is 0 Å². The Labute approximate surface area is 311 Å². The van der Waals surface area contributed by atoms with Gasteiger partial charge in [-0.05, 0) is 77.0 Å². The molecule has 0 N–H and O–H groups in total. The fourth-order valence-corrected chi connectivity index (χ4v) is 8.33. The zero-order chi connectivity index (χ0) is 35.6. The van der Waals surface area contributed by atoms with E-state index in [1.165, 1.54) is 32.5 Å². The van der Waals surface area contributed by atoms with Crippen molar-refractivity contribution in [3.8, 4) is 22.5 Å². The topological polar surface area (TPSA) is 38.9 Å². The minimum absolute atomic E-state index is 0. The standard InChI is InChI=1S/C32H34NOS.C12H10N.Ir/c1-30(2,3)18-19-13-16-33-23(17-19)22-10-8-9-20-21-11-12-24-25(28(21)34-27(20)22)26-29(35-24)32(6,7)15-14-31(26,4)5;1-10-7-8-12(13-9-10)11-5-3-2-4-6-11;/h8-9,11-13,16-17H,14-15,18H2,1-7H3;2-5,7-9H,1H3;/q2*-1;/i18D2;;. The Bertz CT molecular complexity index is 2350. The number of nitrogens with zero attached hydrogens (tertiary/aromatic N) is 2. The van der Waals surface area contributed by atoms with Crippen LogP contribution in [0.15, 0.2) is 89.6 Å². The van der Waals surface area contributed by atoms with Gasteiger partial charge in [-0.2, -0.15) is 0 Å². The van der Waals surface area contributed by atoms with Crippen molar-refractivity contribution in [2.45, 2.75) is 85.4 Å². The first-order valence-electron chi connectivity index (χ1n) is 17.8. The largest absolute Gasteiger partial charge is 0.500 e. The van der Waals surface area contributed by atoms with Crippen LogP contribution in [0.25, 0.3) is 54.5 Å². The molecule has 3 nitrogen and oxygen atoms in total. The van der Waals surface area contributed by atoms with Crippen LogP contribution in [-0.2, 0) is 37.3 Å². The number of hydrogen-bond acceptors (Lipinski definition) is 4. The Morgan fingerprint density at radius 1 is 0.857 bits per heavy atom. The van der Waals surface area contributed by atoms with Gasteiger partial charge in [0.1, 0.15) is 5.58 Å². The van der Waals surface area contributed by atoms with Gasteiger partial charge in [-0.3, -0.25) is 0 Å². The minimum Gasteiger partial charge on any atom is -0.500 e. The monoisotopic (exact) mass is 843 g/mol. The van der Waals surface area contributed by atoms with Crippen LogP contribution in [0.1, 0.15) is 85.6 Å². The number of fused-ring (bicyclic) bond motifs is 7. The molecule has 0 aliphatic heterocycles. The molecule has 4 heterocycles. The molecule has 0 atom stereocenters. The van der Waals surface area contributed by atoms with Crippen LogP contribution in [-0.4, -0.2) is 9.97 Å². The van der Waals surface area contributed by atoms with Crippen molar-refractivity contribution >= 4 is 43.4 Å². The maximum absolute atomic E-state index is 8.77. The molecular formula is C44H44IrN2OS-2. The summed E-state index contributed by atoms with van der Waals surface area (Å²) in [6.45, 7) is 17.3. The number of hydrogen-bond donors (Lipinski definition) is 0. The smallest absolute Gasteiger partial charge is 0.129 e. The van der Waals surface area contributed by atoms with Gasteiger partial charge in [0.25, 0.3) is 0 Å². The summed E-state index contributed by atoms with van der Waals surface area (Å²) >= 11 is 1.92. The van der Waals surface area contributed by atoms with E-state index in [1.807, 2.05) is 87.7 Å².